The number of thioether (sulfide) groups is 1. The van der Waals surface area contributed by atoms with E-state index < -0.39 is 17.5 Å². The number of amides is 2. The lowest BCUT2D eigenvalue weighted by Crippen LogP contribution is -2.41. The highest BCUT2D eigenvalue weighted by atomic mass is 32.2. The number of fused-ring (bicyclic) bond motifs is 1. The molecule has 2 amide bonds. The molecule has 3 aromatic rings. The third-order valence-electron chi connectivity index (χ3n) is 6.83. The molecule has 0 radical (unpaired) electrons. The lowest BCUT2D eigenvalue weighted by molar-refractivity contribution is -0.113. The van der Waals surface area contributed by atoms with Crippen LogP contribution in [0, 0.1) is 5.82 Å². The fourth-order valence-corrected chi connectivity index (χ4v) is 5.92. The van der Waals surface area contributed by atoms with Crippen LogP contribution in [-0.4, -0.2) is 53.2 Å². The van der Waals surface area contributed by atoms with Gasteiger partial charge in [0.05, 0.1) is 30.0 Å². The minimum atomic E-state index is -1.57. The van der Waals surface area contributed by atoms with E-state index in [0.717, 1.165) is 4.90 Å². The van der Waals surface area contributed by atoms with Crippen LogP contribution in [0.25, 0.3) is 10.9 Å². The second-order valence-corrected chi connectivity index (χ2v) is 10.3. The number of anilines is 2. The van der Waals surface area contributed by atoms with Gasteiger partial charge in [-0.05, 0) is 54.8 Å². The van der Waals surface area contributed by atoms with Gasteiger partial charge in [-0.1, -0.05) is 0 Å². The minimum Gasteiger partial charge on any atom is -0.444 e. The highest BCUT2D eigenvalue weighted by Crippen LogP contribution is 2.38. The second-order valence-electron chi connectivity index (χ2n) is 9.25. The average Bonchev–Trinajstić information content (AvgIpc) is 3.39. The molecule has 36 heavy (non-hydrogen) atoms. The summed E-state index contributed by atoms with van der Waals surface area (Å²) in [6.45, 7) is 0.760. The third-order valence-corrected chi connectivity index (χ3v) is 7.90. The van der Waals surface area contributed by atoms with Crippen molar-refractivity contribution in [2.75, 3.05) is 35.6 Å². The molecule has 0 bridgehead atoms. The smallest absolute Gasteiger partial charge is 0.414 e. The van der Waals surface area contributed by atoms with Crippen molar-refractivity contribution in [2.45, 2.75) is 29.6 Å². The lowest BCUT2D eigenvalue weighted by Gasteiger charge is -2.24. The standard InChI is InChI=1S/C25H23FN4O5S/c26-17-4-1-14-2-6-21(32)30-13-25(34,22(17)23(14)30)12-27-8-7-16-10-29(24(33)35-16)15-3-5-19-18(9-15)28-20(31)11-36-19/h1-6,9,16,27,34H,7-8,10-13H2,(H,28,31)/t16-,25?/m0/s1. The molecule has 0 spiro atoms. The van der Waals surface area contributed by atoms with Crippen molar-refractivity contribution in [3.05, 3.63) is 64.2 Å². The monoisotopic (exact) mass is 510 g/mol. The molecule has 3 N–H and O–H groups in total. The molecule has 1 fully saturated rings. The van der Waals surface area contributed by atoms with E-state index in [2.05, 4.69) is 10.6 Å². The first-order chi connectivity index (χ1) is 17.3. The van der Waals surface area contributed by atoms with E-state index in [1.807, 2.05) is 12.1 Å². The van der Waals surface area contributed by atoms with Crippen LogP contribution in [0.3, 0.4) is 0 Å². The van der Waals surface area contributed by atoms with Crippen molar-refractivity contribution in [2.24, 2.45) is 0 Å². The number of rotatable bonds is 6. The van der Waals surface area contributed by atoms with Crippen LogP contribution < -0.4 is 21.1 Å². The zero-order valence-corrected chi connectivity index (χ0v) is 19.9. The molecule has 1 aromatic heterocycles. The molecule has 0 saturated carbocycles. The number of carbonyl (C=O) groups is 2. The number of hydrogen-bond acceptors (Lipinski definition) is 7. The highest BCUT2D eigenvalue weighted by molar-refractivity contribution is 8.00. The highest BCUT2D eigenvalue weighted by Gasteiger charge is 2.41. The summed E-state index contributed by atoms with van der Waals surface area (Å²) in [7, 11) is 0. The molecular formula is C25H23FN4O5S. The molecule has 2 aromatic carbocycles. The Morgan fingerprint density at radius 2 is 2.03 bits per heavy atom. The van der Waals surface area contributed by atoms with Crippen LogP contribution in [0.1, 0.15) is 12.0 Å². The first-order valence-electron chi connectivity index (χ1n) is 11.6. The van der Waals surface area contributed by atoms with E-state index in [-0.39, 0.29) is 36.2 Å². The van der Waals surface area contributed by atoms with E-state index in [1.165, 1.54) is 33.4 Å². The number of halogens is 1. The molecule has 11 heteroatoms. The number of nitrogens with one attached hydrogen (secondary N) is 2. The molecule has 1 saturated heterocycles. The van der Waals surface area contributed by atoms with Gasteiger partial charge < -0.3 is 25.0 Å². The number of benzene rings is 2. The summed E-state index contributed by atoms with van der Waals surface area (Å²) in [6.07, 6.45) is -0.356. The number of pyridine rings is 1. The normalized spacial score (nSPS) is 22.6. The Bertz CT molecular complexity index is 1480. The van der Waals surface area contributed by atoms with Crippen LogP contribution in [0.2, 0.25) is 0 Å². The van der Waals surface area contributed by atoms with Crippen LogP contribution in [0.4, 0.5) is 20.6 Å². The first kappa shape index (κ1) is 23.0. The zero-order chi connectivity index (χ0) is 25.0. The Balaban J connectivity index is 1.09. The number of cyclic esters (lactones) is 1. The van der Waals surface area contributed by atoms with Gasteiger partial charge in [-0.15, -0.1) is 11.8 Å². The Morgan fingerprint density at radius 3 is 2.89 bits per heavy atom. The van der Waals surface area contributed by atoms with E-state index in [1.54, 1.807) is 18.2 Å². The summed E-state index contributed by atoms with van der Waals surface area (Å²) < 4.78 is 21.6. The van der Waals surface area contributed by atoms with Gasteiger partial charge in [-0.25, -0.2) is 9.18 Å². The summed E-state index contributed by atoms with van der Waals surface area (Å²) in [4.78, 5) is 39.0. The maximum absolute atomic E-state index is 14.7. The van der Waals surface area contributed by atoms with Gasteiger partial charge in [0, 0.05) is 28.8 Å². The fraction of sp³-hybridized carbons (Fsp3) is 0.320. The molecule has 186 valence electrons. The third kappa shape index (κ3) is 3.83. The van der Waals surface area contributed by atoms with Crippen LogP contribution >= 0.6 is 11.8 Å². The Hall–Kier alpha value is -3.41. The summed E-state index contributed by atoms with van der Waals surface area (Å²) in [5.41, 5.74) is 0.0146. The number of nitrogens with zero attached hydrogens (tertiary/aromatic N) is 2. The Labute approximate surface area is 209 Å². The maximum atomic E-state index is 14.7. The van der Waals surface area contributed by atoms with E-state index in [4.69, 9.17) is 4.74 Å². The van der Waals surface area contributed by atoms with E-state index in [9.17, 15) is 23.9 Å². The number of hydrogen-bond donors (Lipinski definition) is 3. The topological polar surface area (TPSA) is 113 Å². The second kappa shape index (κ2) is 8.61. The molecule has 6 rings (SSSR count). The van der Waals surface area contributed by atoms with Crippen molar-refractivity contribution >= 4 is 46.0 Å². The van der Waals surface area contributed by atoms with Gasteiger partial charge in [0.15, 0.2) is 0 Å². The van der Waals surface area contributed by atoms with Gasteiger partial charge in [0.2, 0.25) is 5.91 Å². The molecule has 1 unspecified atom stereocenters. The predicted octanol–water partition coefficient (Wildman–Crippen LogP) is 2.39. The molecular weight excluding hydrogens is 487 g/mol. The fourth-order valence-electron chi connectivity index (χ4n) is 5.13. The summed E-state index contributed by atoms with van der Waals surface area (Å²) in [5.74, 6) is -0.262. The van der Waals surface area contributed by atoms with Crippen molar-refractivity contribution in [1.82, 2.24) is 9.88 Å². The molecule has 3 aliphatic heterocycles. The quantitative estimate of drug-likeness (QED) is 0.437. The SMILES string of the molecule is O=C1CSc2ccc(N3C[C@H](CCNCC4(O)Cn5c(=O)ccc6ccc(F)c4c65)OC3=O)cc2N1. The molecule has 9 nitrogen and oxygen atoms in total. The summed E-state index contributed by atoms with van der Waals surface area (Å²) >= 11 is 1.45. The lowest BCUT2D eigenvalue weighted by atomic mass is 9.94. The molecule has 4 heterocycles. The van der Waals surface area contributed by atoms with Gasteiger partial charge in [-0.2, -0.15) is 0 Å². The van der Waals surface area contributed by atoms with Crippen molar-refractivity contribution in [3.63, 3.8) is 0 Å². The van der Waals surface area contributed by atoms with E-state index in [0.29, 0.717) is 47.5 Å². The Morgan fingerprint density at radius 1 is 1.19 bits per heavy atom. The van der Waals surface area contributed by atoms with Crippen molar-refractivity contribution in [3.8, 4) is 0 Å². The Kier molecular flexibility index (Phi) is 5.51. The zero-order valence-electron chi connectivity index (χ0n) is 19.1. The summed E-state index contributed by atoms with van der Waals surface area (Å²) in [6, 6.07) is 11.4. The van der Waals surface area contributed by atoms with Gasteiger partial charge in [0.1, 0.15) is 17.5 Å². The van der Waals surface area contributed by atoms with Crippen LogP contribution in [0.15, 0.2) is 52.2 Å². The predicted molar refractivity (Wildman–Crippen MR) is 133 cm³/mol. The molecule has 0 aliphatic carbocycles. The molecule has 2 atom stereocenters. The first-order valence-corrected chi connectivity index (χ1v) is 12.6. The molecule has 3 aliphatic rings. The summed E-state index contributed by atoms with van der Waals surface area (Å²) in [5, 5.41) is 17.9. The average molecular weight is 511 g/mol. The van der Waals surface area contributed by atoms with Crippen molar-refractivity contribution < 1.29 is 23.8 Å². The largest absolute Gasteiger partial charge is 0.444 e. The number of carbonyl (C=O) groups excluding carboxylic acids is 2. The van der Waals surface area contributed by atoms with Crippen LogP contribution in [-0.2, 0) is 21.7 Å². The maximum Gasteiger partial charge on any atom is 0.414 e. The van der Waals surface area contributed by atoms with Gasteiger partial charge >= 0.3 is 6.09 Å². The van der Waals surface area contributed by atoms with E-state index >= 15 is 0 Å². The van der Waals surface area contributed by atoms with Crippen molar-refractivity contribution in [1.29, 1.82) is 0 Å². The number of ether oxygens (including phenoxy) is 1. The van der Waals surface area contributed by atoms with Gasteiger partial charge in [0.25, 0.3) is 5.56 Å². The van der Waals surface area contributed by atoms with Crippen LogP contribution in [0.5, 0.6) is 0 Å². The number of aliphatic hydroxyl groups is 1. The van der Waals surface area contributed by atoms with Gasteiger partial charge in [-0.3, -0.25) is 14.5 Å². The minimum absolute atomic E-state index is 0.0359. The number of aromatic nitrogens is 1.